The summed E-state index contributed by atoms with van der Waals surface area (Å²) < 4.78 is 0. The van der Waals surface area contributed by atoms with Gasteiger partial charge in [0.2, 0.25) is 0 Å². The third kappa shape index (κ3) is 3.06. The average molecular weight is 232 g/mol. The summed E-state index contributed by atoms with van der Waals surface area (Å²) in [5.74, 6) is 0.480. The third-order valence-electron chi connectivity index (χ3n) is 3.75. The van der Waals surface area contributed by atoms with Crippen LogP contribution in [0.4, 0.5) is 0 Å². The van der Waals surface area contributed by atoms with Crippen molar-refractivity contribution in [2.75, 3.05) is 0 Å². The Bertz CT molecular complexity index is 379. The van der Waals surface area contributed by atoms with Crippen molar-refractivity contribution in [3.05, 3.63) is 29.6 Å². The number of aryl methyl sites for hydroxylation is 1. The molecule has 0 radical (unpaired) electrons. The Balaban J connectivity index is 2.00. The topological polar surface area (TPSA) is 38.9 Å². The van der Waals surface area contributed by atoms with Gasteiger partial charge in [-0.25, -0.2) is 0 Å². The van der Waals surface area contributed by atoms with Crippen LogP contribution in [0.15, 0.2) is 18.3 Å². The molecule has 0 bridgehead atoms. The second-order valence-corrected chi connectivity index (χ2v) is 6.46. The molecule has 0 saturated carbocycles. The SMILES string of the molecule is CC(C)(C)CCC(N)C1CCc2cccnc21. The fraction of sp³-hybridized carbons (Fsp3) is 0.667. The van der Waals surface area contributed by atoms with E-state index in [4.69, 9.17) is 5.73 Å². The van der Waals surface area contributed by atoms with Gasteiger partial charge >= 0.3 is 0 Å². The highest BCUT2D eigenvalue weighted by atomic mass is 14.7. The molecular weight excluding hydrogens is 208 g/mol. The molecular formula is C15H24N2. The van der Waals surface area contributed by atoms with Crippen molar-refractivity contribution < 1.29 is 0 Å². The van der Waals surface area contributed by atoms with Gasteiger partial charge in [0.1, 0.15) is 0 Å². The van der Waals surface area contributed by atoms with Gasteiger partial charge in [-0.15, -0.1) is 0 Å². The van der Waals surface area contributed by atoms with Crippen molar-refractivity contribution in [3.8, 4) is 0 Å². The van der Waals surface area contributed by atoms with Crippen LogP contribution in [0.25, 0.3) is 0 Å². The van der Waals surface area contributed by atoms with E-state index in [0.717, 1.165) is 12.8 Å². The lowest BCUT2D eigenvalue weighted by atomic mass is 9.85. The van der Waals surface area contributed by atoms with E-state index in [1.54, 1.807) is 0 Å². The molecule has 2 N–H and O–H groups in total. The first kappa shape index (κ1) is 12.6. The van der Waals surface area contributed by atoms with Crippen molar-refractivity contribution in [3.63, 3.8) is 0 Å². The molecule has 1 heterocycles. The molecule has 0 aliphatic heterocycles. The lowest BCUT2D eigenvalue weighted by Crippen LogP contribution is -2.29. The minimum Gasteiger partial charge on any atom is -0.327 e. The van der Waals surface area contributed by atoms with Crippen molar-refractivity contribution in [2.45, 2.75) is 58.4 Å². The number of pyridine rings is 1. The van der Waals surface area contributed by atoms with Crippen LogP contribution in [0.3, 0.4) is 0 Å². The fourth-order valence-corrected chi connectivity index (χ4v) is 2.66. The molecule has 2 nitrogen and oxygen atoms in total. The van der Waals surface area contributed by atoms with Gasteiger partial charge in [0.15, 0.2) is 0 Å². The van der Waals surface area contributed by atoms with E-state index in [2.05, 4.69) is 31.8 Å². The van der Waals surface area contributed by atoms with E-state index < -0.39 is 0 Å². The van der Waals surface area contributed by atoms with Crippen LogP contribution in [-0.2, 0) is 6.42 Å². The average Bonchev–Trinajstić information content (AvgIpc) is 2.68. The van der Waals surface area contributed by atoms with Gasteiger partial charge in [0.05, 0.1) is 0 Å². The van der Waals surface area contributed by atoms with Crippen LogP contribution < -0.4 is 5.73 Å². The molecule has 0 fully saturated rings. The molecule has 0 spiro atoms. The monoisotopic (exact) mass is 232 g/mol. The van der Waals surface area contributed by atoms with Crippen molar-refractivity contribution in [1.82, 2.24) is 4.98 Å². The van der Waals surface area contributed by atoms with Gasteiger partial charge < -0.3 is 5.73 Å². The fourth-order valence-electron chi connectivity index (χ4n) is 2.66. The zero-order valence-corrected chi connectivity index (χ0v) is 11.2. The first-order valence-electron chi connectivity index (χ1n) is 6.67. The van der Waals surface area contributed by atoms with Crippen molar-refractivity contribution in [1.29, 1.82) is 0 Å². The Morgan fingerprint density at radius 2 is 2.24 bits per heavy atom. The van der Waals surface area contributed by atoms with E-state index >= 15 is 0 Å². The molecule has 0 saturated heterocycles. The van der Waals surface area contributed by atoms with Gasteiger partial charge in [-0.1, -0.05) is 26.8 Å². The number of nitrogens with two attached hydrogens (primary N) is 1. The Morgan fingerprint density at radius 1 is 1.47 bits per heavy atom. The molecule has 0 amide bonds. The van der Waals surface area contributed by atoms with E-state index in [1.165, 1.54) is 24.1 Å². The van der Waals surface area contributed by atoms with Crippen LogP contribution >= 0.6 is 0 Å². The maximum absolute atomic E-state index is 6.36. The highest BCUT2D eigenvalue weighted by molar-refractivity contribution is 5.29. The first-order valence-corrected chi connectivity index (χ1v) is 6.67. The predicted octanol–water partition coefficient (Wildman–Crippen LogP) is 3.27. The summed E-state index contributed by atoms with van der Waals surface area (Å²) in [4.78, 5) is 4.53. The number of aromatic nitrogens is 1. The van der Waals surface area contributed by atoms with E-state index in [-0.39, 0.29) is 6.04 Å². The summed E-state index contributed by atoms with van der Waals surface area (Å²) in [6.07, 6.45) is 6.51. The molecule has 17 heavy (non-hydrogen) atoms. The normalized spacial score (nSPS) is 21.3. The Morgan fingerprint density at radius 3 is 2.94 bits per heavy atom. The smallest absolute Gasteiger partial charge is 0.0482 e. The number of hydrogen-bond acceptors (Lipinski definition) is 2. The second kappa shape index (κ2) is 4.77. The highest BCUT2D eigenvalue weighted by Crippen LogP contribution is 2.35. The van der Waals surface area contributed by atoms with Gasteiger partial charge in [0, 0.05) is 23.9 Å². The molecule has 1 aromatic rings. The largest absolute Gasteiger partial charge is 0.327 e. The summed E-state index contributed by atoms with van der Waals surface area (Å²) in [7, 11) is 0. The molecule has 2 rings (SSSR count). The summed E-state index contributed by atoms with van der Waals surface area (Å²) in [6.45, 7) is 6.84. The zero-order valence-electron chi connectivity index (χ0n) is 11.2. The Labute approximate surface area is 105 Å². The summed E-state index contributed by atoms with van der Waals surface area (Å²) in [5, 5.41) is 0. The van der Waals surface area contributed by atoms with Crippen LogP contribution in [0.5, 0.6) is 0 Å². The van der Waals surface area contributed by atoms with E-state index in [1.807, 2.05) is 12.3 Å². The quantitative estimate of drug-likeness (QED) is 0.868. The standard InChI is InChI=1S/C15H24N2/c1-15(2,3)9-8-13(16)12-7-6-11-5-4-10-17-14(11)12/h4-5,10,12-13H,6-9,16H2,1-3H3. The number of fused-ring (bicyclic) bond motifs is 1. The van der Waals surface area contributed by atoms with Gasteiger partial charge in [-0.3, -0.25) is 4.98 Å². The van der Waals surface area contributed by atoms with Gasteiger partial charge in [-0.2, -0.15) is 0 Å². The maximum atomic E-state index is 6.36. The van der Waals surface area contributed by atoms with E-state index in [0.29, 0.717) is 11.3 Å². The lowest BCUT2D eigenvalue weighted by molar-refractivity contribution is 0.332. The second-order valence-electron chi connectivity index (χ2n) is 6.46. The van der Waals surface area contributed by atoms with Crippen molar-refractivity contribution in [2.24, 2.45) is 11.1 Å². The van der Waals surface area contributed by atoms with Crippen LogP contribution in [0, 0.1) is 5.41 Å². The molecule has 0 aromatic carbocycles. The molecule has 2 atom stereocenters. The molecule has 2 heteroatoms. The number of hydrogen-bond donors (Lipinski definition) is 1. The summed E-state index contributed by atoms with van der Waals surface area (Å²) >= 11 is 0. The minimum atomic E-state index is 0.269. The molecule has 2 unspecified atom stereocenters. The van der Waals surface area contributed by atoms with Gasteiger partial charge in [0.25, 0.3) is 0 Å². The molecule has 1 aliphatic carbocycles. The molecule has 1 aromatic heterocycles. The summed E-state index contributed by atoms with van der Waals surface area (Å²) in [5.41, 5.74) is 9.40. The Hall–Kier alpha value is -0.890. The number of nitrogens with zero attached hydrogens (tertiary/aromatic N) is 1. The predicted molar refractivity (Wildman–Crippen MR) is 72.0 cm³/mol. The summed E-state index contributed by atoms with van der Waals surface area (Å²) in [6, 6.07) is 4.49. The van der Waals surface area contributed by atoms with Crippen molar-refractivity contribution >= 4 is 0 Å². The lowest BCUT2D eigenvalue weighted by Gasteiger charge is -2.24. The first-order chi connectivity index (χ1) is 7.97. The third-order valence-corrected chi connectivity index (χ3v) is 3.75. The highest BCUT2D eigenvalue weighted by Gasteiger charge is 2.29. The van der Waals surface area contributed by atoms with Crippen LogP contribution in [0.2, 0.25) is 0 Å². The number of rotatable bonds is 3. The zero-order chi connectivity index (χ0) is 12.5. The van der Waals surface area contributed by atoms with Crippen LogP contribution in [-0.4, -0.2) is 11.0 Å². The maximum Gasteiger partial charge on any atom is 0.0482 e. The molecule has 1 aliphatic rings. The van der Waals surface area contributed by atoms with Gasteiger partial charge in [-0.05, 0) is 42.7 Å². The molecule has 94 valence electrons. The van der Waals surface area contributed by atoms with Crippen LogP contribution in [0.1, 0.15) is 57.2 Å². The van der Waals surface area contributed by atoms with E-state index in [9.17, 15) is 0 Å². The Kier molecular flexibility index (Phi) is 3.53. The minimum absolute atomic E-state index is 0.269.